The molecule has 0 saturated carbocycles. The van der Waals surface area contributed by atoms with Gasteiger partial charge in [0, 0.05) is 21.7 Å². The van der Waals surface area contributed by atoms with E-state index in [1.807, 2.05) is 57.2 Å². The first-order valence-corrected chi connectivity index (χ1v) is 11.8. The number of carbonyl (C=O) groups is 1. The van der Waals surface area contributed by atoms with E-state index in [9.17, 15) is 4.79 Å². The zero-order chi connectivity index (χ0) is 25.2. The largest absolute Gasteiger partial charge is 0.497 e. The van der Waals surface area contributed by atoms with Crippen molar-refractivity contribution in [2.45, 2.75) is 39.8 Å². The molecule has 0 fully saturated rings. The van der Waals surface area contributed by atoms with E-state index in [1.54, 1.807) is 24.1 Å². The standard InChI is InChI=1S/C29H29ClN2O3/c1-19-6-8-20(9-7-19)27-16-21(25-17-24(34-5)14-15-26(25)31-27)18-32(28(33)35-29(2,3)4)23-12-10-22(30)11-13-23/h6-17H,18H2,1-5H3. The van der Waals surface area contributed by atoms with Crippen LogP contribution in [0.1, 0.15) is 31.9 Å². The first-order valence-electron chi connectivity index (χ1n) is 11.4. The molecule has 0 N–H and O–H groups in total. The van der Waals surface area contributed by atoms with Gasteiger partial charge in [0.15, 0.2) is 0 Å². The van der Waals surface area contributed by atoms with Crippen molar-refractivity contribution >= 4 is 34.3 Å². The minimum atomic E-state index is -0.641. The Morgan fingerprint density at radius 2 is 1.66 bits per heavy atom. The molecule has 0 atom stereocenters. The van der Waals surface area contributed by atoms with Gasteiger partial charge in [-0.15, -0.1) is 0 Å². The van der Waals surface area contributed by atoms with Gasteiger partial charge in [-0.3, -0.25) is 4.90 Å². The quantitative estimate of drug-likeness (QED) is 0.287. The molecule has 0 aliphatic carbocycles. The number of halogens is 1. The Hall–Kier alpha value is -3.57. The number of aryl methyl sites for hydroxylation is 1. The fourth-order valence-electron chi connectivity index (χ4n) is 3.77. The maximum absolute atomic E-state index is 13.3. The lowest BCUT2D eigenvalue weighted by molar-refractivity contribution is 0.0577. The minimum Gasteiger partial charge on any atom is -0.497 e. The summed E-state index contributed by atoms with van der Waals surface area (Å²) in [5.41, 5.74) is 4.80. The molecule has 0 unspecified atom stereocenters. The van der Waals surface area contributed by atoms with E-state index in [4.69, 9.17) is 26.1 Å². The van der Waals surface area contributed by atoms with Gasteiger partial charge in [0.25, 0.3) is 0 Å². The number of rotatable bonds is 5. The van der Waals surface area contributed by atoms with Crippen LogP contribution in [0, 0.1) is 6.92 Å². The number of benzene rings is 3. The molecule has 0 aliphatic rings. The number of ether oxygens (including phenoxy) is 2. The molecule has 0 radical (unpaired) electrons. The van der Waals surface area contributed by atoms with Gasteiger partial charge in [0.2, 0.25) is 0 Å². The van der Waals surface area contributed by atoms with E-state index in [1.165, 1.54) is 5.56 Å². The predicted octanol–water partition coefficient (Wildman–Crippen LogP) is 7.81. The molecule has 4 aromatic rings. The number of fused-ring (bicyclic) bond motifs is 1. The molecule has 180 valence electrons. The number of anilines is 1. The van der Waals surface area contributed by atoms with Crippen molar-refractivity contribution in [1.29, 1.82) is 0 Å². The number of amides is 1. The number of carbonyl (C=O) groups excluding carboxylic acids is 1. The van der Waals surface area contributed by atoms with Crippen molar-refractivity contribution in [2.75, 3.05) is 12.0 Å². The summed E-state index contributed by atoms with van der Waals surface area (Å²) in [6.07, 6.45) is -0.440. The SMILES string of the molecule is COc1ccc2nc(-c3ccc(C)cc3)cc(CN(C(=O)OC(C)(C)C)c3ccc(Cl)cc3)c2c1. The van der Waals surface area contributed by atoms with Crippen LogP contribution >= 0.6 is 11.6 Å². The highest BCUT2D eigenvalue weighted by Crippen LogP contribution is 2.31. The van der Waals surface area contributed by atoms with Crippen LogP contribution in [0.25, 0.3) is 22.2 Å². The smallest absolute Gasteiger partial charge is 0.415 e. The maximum Gasteiger partial charge on any atom is 0.415 e. The molecule has 0 saturated heterocycles. The lowest BCUT2D eigenvalue weighted by atomic mass is 10.0. The molecule has 3 aromatic carbocycles. The fourth-order valence-corrected chi connectivity index (χ4v) is 3.90. The molecule has 4 rings (SSSR count). The Kier molecular flexibility index (Phi) is 6.99. The lowest BCUT2D eigenvalue weighted by Gasteiger charge is -2.28. The van der Waals surface area contributed by atoms with Crippen LogP contribution < -0.4 is 9.64 Å². The predicted molar refractivity (Wildman–Crippen MR) is 142 cm³/mol. The summed E-state index contributed by atoms with van der Waals surface area (Å²) >= 11 is 6.12. The summed E-state index contributed by atoms with van der Waals surface area (Å²) in [4.78, 5) is 19.8. The molecule has 1 heterocycles. The Morgan fingerprint density at radius 3 is 2.29 bits per heavy atom. The van der Waals surface area contributed by atoms with Crippen LogP contribution in [-0.2, 0) is 11.3 Å². The Bertz CT molecular complexity index is 1340. The van der Waals surface area contributed by atoms with E-state index in [-0.39, 0.29) is 6.54 Å². The third-order valence-corrected chi connectivity index (χ3v) is 5.78. The lowest BCUT2D eigenvalue weighted by Crippen LogP contribution is -2.36. The molecule has 6 heteroatoms. The molecular formula is C29H29ClN2O3. The van der Waals surface area contributed by atoms with Gasteiger partial charge in [-0.2, -0.15) is 0 Å². The van der Waals surface area contributed by atoms with Gasteiger partial charge in [-0.25, -0.2) is 9.78 Å². The summed E-state index contributed by atoms with van der Waals surface area (Å²) in [6, 6.07) is 23.2. The van der Waals surface area contributed by atoms with Gasteiger partial charge >= 0.3 is 6.09 Å². The highest BCUT2D eigenvalue weighted by Gasteiger charge is 2.25. The number of hydrogen-bond acceptors (Lipinski definition) is 4. The molecular weight excluding hydrogens is 460 g/mol. The highest BCUT2D eigenvalue weighted by atomic mass is 35.5. The van der Waals surface area contributed by atoms with Crippen molar-refractivity contribution in [3.63, 3.8) is 0 Å². The average molecular weight is 489 g/mol. The summed E-state index contributed by atoms with van der Waals surface area (Å²) in [7, 11) is 1.63. The van der Waals surface area contributed by atoms with Gasteiger partial charge < -0.3 is 9.47 Å². The second-order valence-corrected chi connectivity index (χ2v) is 9.90. The maximum atomic E-state index is 13.3. The van der Waals surface area contributed by atoms with Gasteiger partial charge in [-0.05, 0) is 81.8 Å². The Balaban J connectivity index is 1.85. The normalized spacial score (nSPS) is 11.4. The van der Waals surface area contributed by atoms with Crippen LogP contribution in [0.3, 0.4) is 0 Å². The number of pyridine rings is 1. The third kappa shape index (κ3) is 5.92. The second-order valence-electron chi connectivity index (χ2n) is 9.46. The molecule has 1 aromatic heterocycles. The highest BCUT2D eigenvalue weighted by molar-refractivity contribution is 6.30. The van der Waals surface area contributed by atoms with E-state index in [0.717, 1.165) is 33.5 Å². The number of hydrogen-bond donors (Lipinski definition) is 0. The minimum absolute atomic E-state index is 0.279. The third-order valence-electron chi connectivity index (χ3n) is 5.53. The Labute approximate surface area is 211 Å². The van der Waals surface area contributed by atoms with E-state index >= 15 is 0 Å². The molecule has 5 nitrogen and oxygen atoms in total. The van der Waals surface area contributed by atoms with E-state index in [0.29, 0.717) is 10.7 Å². The molecule has 0 aliphatic heterocycles. The zero-order valence-corrected chi connectivity index (χ0v) is 21.4. The first kappa shape index (κ1) is 24.6. The summed E-state index contributed by atoms with van der Waals surface area (Å²) < 4.78 is 11.2. The van der Waals surface area contributed by atoms with E-state index < -0.39 is 11.7 Å². The average Bonchev–Trinajstić information content (AvgIpc) is 2.82. The molecule has 35 heavy (non-hydrogen) atoms. The molecule has 0 spiro atoms. The monoisotopic (exact) mass is 488 g/mol. The van der Waals surface area contributed by atoms with Gasteiger partial charge in [-0.1, -0.05) is 41.4 Å². The van der Waals surface area contributed by atoms with Gasteiger partial charge in [0.05, 0.1) is 24.9 Å². The second kappa shape index (κ2) is 9.96. The van der Waals surface area contributed by atoms with Crippen LogP contribution in [0.5, 0.6) is 5.75 Å². The molecule has 1 amide bonds. The summed E-state index contributed by atoms with van der Waals surface area (Å²) in [5, 5.41) is 1.50. The topological polar surface area (TPSA) is 51.7 Å². The van der Waals surface area contributed by atoms with Crippen molar-refractivity contribution < 1.29 is 14.3 Å². The van der Waals surface area contributed by atoms with Crippen LogP contribution in [0.15, 0.2) is 72.8 Å². The molecule has 0 bridgehead atoms. The number of aromatic nitrogens is 1. The van der Waals surface area contributed by atoms with Gasteiger partial charge in [0.1, 0.15) is 11.4 Å². The number of methoxy groups -OCH3 is 1. The van der Waals surface area contributed by atoms with E-state index in [2.05, 4.69) is 31.2 Å². The first-order chi connectivity index (χ1) is 16.6. The van der Waals surface area contributed by atoms with Crippen molar-refractivity contribution in [2.24, 2.45) is 0 Å². The van der Waals surface area contributed by atoms with Crippen LogP contribution in [0.2, 0.25) is 5.02 Å². The fraction of sp³-hybridized carbons (Fsp3) is 0.241. The summed E-state index contributed by atoms with van der Waals surface area (Å²) in [6.45, 7) is 7.90. The number of nitrogens with zero attached hydrogens (tertiary/aromatic N) is 2. The van der Waals surface area contributed by atoms with Crippen molar-refractivity contribution in [3.8, 4) is 17.0 Å². The van der Waals surface area contributed by atoms with Crippen molar-refractivity contribution in [3.05, 3.63) is 88.9 Å². The Morgan fingerprint density at radius 1 is 0.971 bits per heavy atom. The summed E-state index contributed by atoms with van der Waals surface area (Å²) in [5.74, 6) is 0.721. The van der Waals surface area contributed by atoms with Crippen LogP contribution in [0.4, 0.5) is 10.5 Å². The zero-order valence-electron chi connectivity index (χ0n) is 20.6. The van der Waals surface area contributed by atoms with Crippen molar-refractivity contribution in [1.82, 2.24) is 4.98 Å². The van der Waals surface area contributed by atoms with Crippen LogP contribution in [-0.4, -0.2) is 23.8 Å².